The van der Waals surface area contributed by atoms with Crippen LogP contribution in [0.2, 0.25) is 0 Å². The molecule has 0 fully saturated rings. The molecule has 17 heavy (non-hydrogen) atoms. The molecule has 0 saturated heterocycles. The zero-order valence-electron chi connectivity index (χ0n) is 10.2. The number of aromatic nitrogens is 1. The largest absolute Gasteiger partial charge is 0.370 e. The van der Waals surface area contributed by atoms with Crippen molar-refractivity contribution in [2.24, 2.45) is 0 Å². The first-order valence-electron chi connectivity index (χ1n) is 6.20. The van der Waals surface area contributed by atoms with E-state index in [0.717, 1.165) is 37.4 Å². The van der Waals surface area contributed by atoms with Crippen molar-refractivity contribution in [3.63, 3.8) is 0 Å². The quantitative estimate of drug-likeness (QED) is 0.748. The van der Waals surface area contributed by atoms with Crippen LogP contribution in [0.5, 0.6) is 0 Å². The Bertz CT molecular complexity index is 468. The van der Waals surface area contributed by atoms with Gasteiger partial charge in [0.25, 0.3) is 0 Å². The van der Waals surface area contributed by atoms with E-state index in [4.69, 9.17) is 0 Å². The fourth-order valence-corrected chi connectivity index (χ4v) is 1.77. The first-order chi connectivity index (χ1) is 8.40. The third kappa shape index (κ3) is 3.43. The minimum absolute atomic E-state index is 0.957. The molecule has 3 heteroatoms. The fourth-order valence-electron chi connectivity index (χ4n) is 1.77. The van der Waals surface area contributed by atoms with Gasteiger partial charge >= 0.3 is 0 Å². The topological polar surface area (TPSA) is 37.0 Å². The van der Waals surface area contributed by atoms with Gasteiger partial charge in [0.15, 0.2) is 0 Å². The zero-order chi connectivity index (χ0) is 11.9. The SMILES string of the molecule is CCNCCCNc1ccc2ccccc2n1. The van der Waals surface area contributed by atoms with Crippen molar-refractivity contribution in [2.75, 3.05) is 25.0 Å². The predicted molar refractivity (Wildman–Crippen MR) is 73.4 cm³/mol. The molecule has 0 saturated carbocycles. The smallest absolute Gasteiger partial charge is 0.126 e. The summed E-state index contributed by atoms with van der Waals surface area (Å²) in [6.07, 6.45) is 1.11. The lowest BCUT2D eigenvalue weighted by Gasteiger charge is -2.06. The fraction of sp³-hybridized carbons (Fsp3) is 0.357. The summed E-state index contributed by atoms with van der Waals surface area (Å²) in [5.74, 6) is 0.959. The van der Waals surface area contributed by atoms with Crippen LogP contribution in [0.15, 0.2) is 36.4 Å². The summed E-state index contributed by atoms with van der Waals surface area (Å²) in [5, 5.41) is 7.83. The molecule has 3 nitrogen and oxygen atoms in total. The van der Waals surface area contributed by atoms with E-state index in [1.807, 2.05) is 24.3 Å². The van der Waals surface area contributed by atoms with E-state index in [1.165, 1.54) is 5.39 Å². The van der Waals surface area contributed by atoms with Crippen molar-refractivity contribution in [3.8, 4) is 0 Å². The monoisotopic (exact) mass is 229 g/mol. The van der Waals surface area contributed by atoms with Crippen molar-refractivity contribution in [1.29, 1.82) is 0 Å². The van der Waals surface area contributed by atoms with Crippen LogP contribution in [0.1, 0.15) is 13.3 Å². The molecule has 1 heterocycles. The Labute approximate surface area is 102 Å². The van der Waals surface area contributed by atoms with Crippen LogP contribution in [0.4, 0.5) is 5.82 Å². The molecule has 1 aromatic carbocycles. The molecular formula is C14H19N3. The van der Waals surface area contributed by atoms with Crippen molar-refractivity contribution in [2.45, 2.75) is 13.3 Å². The number of anilines is 1. The highest BCUT2D eigenvalue weighted by molar-refractivity contribution is 5.79. The van der Waals surface area contributed by atoms with Gasteiger partial charge in [-0.1, -0.05) is 25.1 Å². The van der Waals surface area contributed by atoms with Crippen LogP contribution in [0.3, 0.4) is 0 Å². The highest BCUT2D eigenvalue weighted by atomic mass is 15.0. The molecule has 90 valence electrons. The molecule has 1 aromatic heterocycles. The Balaban J connectivity index is 1.90. The van der Waals surface area contributed by atoms with Gasteiger partial charge in [0.2, 0.25) is 0 Å². The standard InChI is InChI=1S/C14H19N3/c1-2-15-10-5-11-16-14-9-8-12-6-3-4-7-13(12)17-14/h3-4,6-9,15H,2,5,10-11H2,1H3,(H,16,17). The van der Waals surface area contributed by atoms with E-state index in [9.17, 15) is 0 Å². The summed E-state index contributed by atoms with van der Waals surface area (Å²) < 4.78 is 0. The van der Waals surface area contributed by atoms with E-state index in [0.29, 0.717) is 0 Å². The second kappa shape index (κ2) is 6.21. The zero-order valence-corrected chi connectivity index (χ0v) is 10.2. The summed E-state index contributed by atoms with van der Waals surface area (Å²) in [6, 6.07) is 12.3. The van der Waals surface area contributed by atoms with E-state index in [1.54, 1.807) is 0 Å². The molecule has 0 radical (unpaired) electrons. The molecule has 2 N–H and O–H groups in total. The molecule has 0 spiro atoms. The van der Waals surface area contributed by atoms with Gasteiger partial charge in [-0.15, -0.1) is 0 Å². The predicted octanol–water partition coefficient (Wildman–Crippen LogP) is 2.65. The molecule has 0 unspecified atom stereocenters. The third-order valence-electron chi connectivity index (χ3n) is 2.68. The summed E-state index contributed by atoms with van der Waals surface area (Å²) >= 11 is 0. The number of para-hydroxylation sites is 1. The van der Waals surface area contributed by atoms with Crippen LogP contribution in [-0.4, -0.2) is 24.6 Å². The van der Waals surface area contributed by atoms with Crippen molar-refractivity contribution >= 4 is 16.7 Å². The van der Waals surface area contributed by atoms with Gasteiger partial charge in [0.1, 0.15) is 5.82 Å². The summed E-state index contributed by atoms with van der Waals surface area (Å²) in [5.41, 5.74) is 1.05. The van der Waals surface area contributed by atoms with E-state index in [2.05, 4.69) is 34.7 Å². The van der Waals surface area contributed by atoms with Crippen LogP contribution < -0.4 is 10.6 Å². The van der Waals surface area contributed by atoms with Crippen molar-refractivity contribution < 1.29 is 0 Å². The van der Waals surface area contributed by atoms with E-state index >= 15 is 0 Å². The van der Waals surface area contributed by atoms with Gasteiger partial charge in [-0.2, -0.15) is 0 Å². The normalized spacial score (nSPS) is 10.6. The number of rotatable bonds is 6. The Kier molecular flexibility index (Phi) is 4.33. The maximum Gasteiger partial charge on any atom is 0.126 e. The molecule has 0 aliphatic carbocycles. The van der Waals surface area contributed by atoms with Crippen LogP contribution in [0.25, 0.3) is 10.9 Å². The molecule has 0 aliphatic heterocycles. The van der Waals surface area contributed by atoms with Gasteiger partial charge in [0, 0.05) is 11.9 Å². The Morgan fingerprint density at radius 1 is 1.06 bits per heavy atom. The molecular weight excluding hydrogens is 210 g/mol. The average Bonchev–Trinajstić information content (AvgIpc) is 2.38. The molecule has 0 amide bonds. The highest BCUT2D eigenvalue weighted by Crippen LogP contribution is 2.14. The molecule has 0 bridgehead atoms. The van der Waals surface area contributed by atoms with Crippen LogP contribution >= 0.6 is 0 Å². The lowest BCUT2D eigenvalue weighted by atomic mass is 10.2. The molecule has 2 rings (SSSR count). The molecule has 0 aliphatic rings. The number of fused-ring (bicyclic) bond motifs is 1. The average molecular weight is 229 g/mol. The second-order valence-corrected chi connectivity index (χ2v) is 4.02. The highest BCUT2D eigenvalue weighted by Gasteiger charge is 1.96. The number of nitrogens with zero attached hydrogens (tertiary/aromatic N) is 1. The van der Waals surface area contributed by atoms with E-state index in [-0.39, 0.29) is 0 Å². The van der Waals surface area contributed by atoms with E-state index < -0.39 is 0 Å². The summed E-state index contributed by atoms with van der Waals surface area (Å²) in [7, 11) is 0. The number of hydrogen-bond acceptors (Lipinski definition) is 3. The molecule has 0 atom stereocenters. The lowest BCUT2D eigenvalue weighted by Crippen LogP contribution is -2.17. The van der Waals surface area contributed by atoms with Gasteiger partial charge < -0.3 is 10.6 Å². The van der Waals surface area contributed by atoms with Crippen molar-refractivity contribution in [3.05, 3.63) is 36.4 Å². The molecule has 2 aromatic rings. The number of nitrogens with one attached hydrogen (secondary N) is 2. The van der Waals surface area contributed by atoms with Gasteiger partial charge in [-0.05, 0) is 37.7 Å². The second-order valence-electron chi connectivity index (χ2n) is 4.02. The Morgan fingerprint density at radius 2 is 1.94 bits per heavy atom. The van der Waals surface area contributed by atoms with Crippen LogP contribution in [0, 0.1) is 0 Å². The van der Waals surface area contributed by atoms with Crippen LogP contribution in [-0.2, 0) is 0 Å². The van der Waals surface area contributed by atoms with Crippen molar-refractivity contribution in [1.82, 2.24) is 10.3 Å². The van der Waals surface area contributed by atoms with Gasteiger partial charge in [-0.25, -0.2) is 4.98 Å². The number of pyridine rings is 1. The maximum atomic E-state index is 4.56. The minimum atomic E-state index is 0.957. The Hall–Kier alpha value is -1.61. The number of benzene rings is 1. The summed E-state index contributed by atoms with van der Waals surface area (Å²) in [4.78, 5) is 4.56. The first kappa shape index (κ1) is 11.9. The third-order valence-corrected chi connectivity index (χ3v) is 2.68. The van der Waals surface area contributed by atoms with Gasteiger partial charge in [-0.3, -0.25) is 0 Å². The Morgan fingerprint density at radius 3 is 2.82 bits per heavy atom. The number of hydrogen-bond donors (Lipinski definition) is 2. The minimum Gasteiger partial charge on any atom is -0.370 e. The lowest BCUT2D eigenvalue weighted by molar-refractivity contribution is 0.688. The summed E-state index contributed by atoms with van der Waals surface area (Å²) in [6.45, 7) is 5.17. The maximum absolute atomic E-state index is 4.56. The van der Waals surface area contributed by atoms with Gasteiger partial charge in [0.05, 0.1) is 5.52 Å². The first-order valence-corrected chi connectivity index (χ1v) is 6.20.